The zero-order chi connectivity index (χ0) is 13.1. The van der Waals surface area contributed by atoms with Crippen LogP contribution in [0.15, 0.2) is 30.5 Å². The lowest BCUT2D eigenvalue weighted by Crippen LogP contribution is -2.05. The molecular weight excluding hydrogens is 236 g/mol. The highest BCUT2D eigenvalue weighted by Gasteiger charge is 2.12. The van der Waals surface area contributed by atoms with Crippen LogP contribution in [0.2, 0.25) is 0 Å². The molecule has 94 valence electrons. The average Bonchev–Trinajstić information content (AvgIpc) is 2.70. The van der Waals surface area contributed by atoms with Gasteiger partial charge in [-0.05, 0) is 24.3 Å². The van der Waals surface area contributed by atoms with E-state index in [2.05, 4.69) is 4.98 Å². The molecule has 0 aliphatic rings. The zero-order valence-corrected chi connectivity index (χ0v) is 9.70. The van der Waals surface area contributed by atoms with Gasteiger partial charge >= 0.3 is 5.97 Å². The van der Waals surface area contributed by atoms with E-state index in [1.807, 2.05) is 0 Å². The summed E-state index contributed by atoms with van der Waals surface area (Å²) in [5.41, 5.74) is 0.531. The van der Waals surface area contributed by atoms with E-state index in [0.717, 1.165) is 0 Å². The Morgan fingerprint density at radius 3 is 2.61 bits per heavy atom. The van der Waals surface area contributed by atoms with Crippen molar-refractivity contribution in [3.63, 3.8) is 0 Å². The van der Waals surface area contributed by atoms with Gasteiger partial charge < -0.3 is 19.5 Å². The van der Waals surface area contributed by atoms with Crippen LogP contribution in [-0.2, 0) is 13.7 Å². The fourth-order valence-electron chi connectivity index (χ4n) is 1.50. The van der Waals surface area contributed by atoms with E-state index >= 15 is 0 Å². The van der Waals surface area contributed by atoms with Crippen LogP contribution in [0.1, 0.15) is 16.3 Å². The molecule has 18 heavy (non-hydrogen) atoms. The predicted molar refractivity (Wildman–Crippen MR) is 62.6 cm³/mol. The minimum Gasteiger partial charge on any atom is -0.508 e. The third-order valence-electron chi connectivity index (χ3n) is 2.34. The Kier molecular flexibility index (Phi) is 3.18. The number of ether oxygens (including phenoxy) is 1. The largest absolute Gasteiger partial charge is 0.508 e. The smallest absolute Gasteiger partial charge is 0.372 e. The monoisotopic (exact) mass is 248 g/mol. The number of aromatic carboxylic acids is 1. The van der Waals surface area contributed by atoms with Gasteiger partial charge in [-0.1, -0.05) is 0 Å². The molecule has 0 saturated carbocycles. The molecule has 6 nitrogen and oxygen atoms in total. The number of nitrogens with zero attached hydrogens (tertiary/aromatic N) is 2. The molecule has 0 radical (unpaired) electrons. The number of rotatable bonds is 4. The van der Waals surface area contributed by atoms with Crippen molar-refractivity contribution in [2.75, 3.05) is 0 Å². The third kappa shape index (κ3) is 2.60. The van der Waals surface area contributed by atoms with E-state index in [1.54, 1.807) is 25.4 Å². The summed E-state index contributed by atoms with van der Waals surface area (Å²) in [5.74, 6) is -0.364. The molecular formula is C12H12N2O4. The molecule has 0 aliphatic carbocycles. The number of phenolic OH excluding ortho intramolecular Hbond substituents is 1. The Bertz CT molecular complexity index is 560. The lowest BCUT2D eigenvalue weighted by molar-refractivity contribution is 0.0679. The number of aromatic nitrogens is 2. The molecule has 0 amide bonds. The van der Waals surface area contributed by atoms with Crippen molar-refractivity contribution >= 4 is 5.97 Å². The molecule has 0 bridgehead atoms. The van der Waals surface area contributed by atoms with E-state index in [4.69, 9.17) is 14.9 Å². The minimum absolute atomic E-state index is 0.0284. The average molecular weight is 248 g/mol. The van der Waals surface area contributed by atoms with Gasteiger partial charge in [0, 0.05) is 13.2 Å². The van der Waals surface area contributed by atoms with Crippen molar-refractivity contribution < 1.29 is 19.7 Å². The molecule has 2 N–H and O–H groups in total. The Morgan fingerprint density at radius 2 is 2.06 bits per heavy atom. The van der Waals surface area contributed by atoms with E-state index in [0.29, 0.717) is 11.4 Å². The molecule has 1 heterocycles. The Balaban J connectivity index is 2.04. The molecule has 0 unspecified atom stereocenters. The van der Waals surface area contributed by atoms with Crippen molar-refractivity contribution in [1.82, 2.24) is 9.55 Å². The Morgan fingerprint density at radius 1 is 1.39 bits per heavy atom. The first-order chi connectivity index (χ1) is 8.56. The summed E-state index contributed by atoms with van der Waals surface area (Å²) in [6.07, 6.45) is 1.60. The van der Waals surface area contributed by atoms with E-state index in [-0.39, 0.29) is 18.2 Å². The molecule has 0 spiro atoms. The van der Waals surface area contributed by atoms with Gasteiger partial charge in [-0.25, -0.2) is 9.78 Å². The third-order valence-corrected chi connectivity index (χ3v) is 2.34. The maximum Gasteiger partial charge on any atom is 0.372 e. The molecule has 0 aliphatic heterocycles. The van der Waals surface area contributed by atoms with Crippen molar-refractivity contribution in [2.24, 2.45) is 7.05 Å². The first kappa shape index (κ1) is 12.0. The van der Waals surface area contributed by atoms with Gasteiger partial charge in [-0.2, -0.15) is 0 Å². The molecule has 0 atom stereocenters. The van der Waals surface area contributed by atoms with Crippen LogP contribution in [0.25, 0.3) is 0 Å². The lowest BCUT2D eigenvalue weighted by atomic mass is 10.3. The van der Waals surface area contributed by atoms with Gasteiger partial charge in [0.25, 0.3) is 0 Å². The number of phenols is 1. The fraction of sp³-hybridized carbons (Fsp3) is 0.167. The maximum atomic E-state index is 10.8. The Hall–Kier alpha value is -2.50. The molecule has 6 heteroatoms. The van der Waals surface area contributed by atoms with E-state index in [9.17, 15) is 4.79 Å². The van der Waals surface area contributed by atoms with Gasteiger partial charge in [-0.15, -0.1) is 0 Å². The highest BCUT2D eigenvalue weighted by atomic mass is 16.5. The summed E-state index contributed by atoms with van der Waals surface area (Å²) in [6.45, 7) is 0.173. The minimum atomic E-state index is -1.08. The number of hydrogen-bond donors (Lipinski definition) is 2. The van der Waals surface area contributed by atoms with Crippen LogP contribution in [0, 0.1) is 0 Å². The highest BCUT2D eigenvalue weighted by Crippen LogP contribution is 2.17. The fourth-order valence-corrected chi connectivity index (χ4v) is 1.50. The second-order valence-corrected chi connectivity index (χ2v) is 3.75. The normalized spacial score (nSPS) is 10.3. The van der Waals surface area contributed by atoms with Gasteiger partial charge in [0.1, 0.15) is 18.1 Å². The van der Waals surface area contributed by atoms with Crippen molar-refractivity contribution in [3.05, 3.63) is 42.0 Å². The quantitative estimate of drug-likeness (QED) is 0.854. The number of aromatic hydroxyl groups is 1. The molecule has 1 aromatic heterocycles. The van der Waals surface area contributed by atoms with Crippen LogP contribution in [0.3, 0.4) is 0 Å². The maximum absolute atomic E-state index is 10.8. The molecule has 0 fully saturated rings. The lowest BCUT2D eigenvalue weighted by Gasteiger charge is -2.03. The number of hydrogen-bond acceptors (Lipinski definition) is 4. The SMILES string of the molecule is Cn1cc(COc2ccc(O)cc2)nc1C(=O)O. The van der Waals surface area contributed by atoms with Gasteiger partial charge in [0.05, 0.1) is 5.69 Å². The van der Waals surface area contributed by atoms with Crippen LogP contribution in [0.5, 0.6) is 11.5 Å². The van der Waals surface area contributed by atoms with Crippen LogP contribution in [0.4, 0.5) is 0 Å². The molecule has 0 saturated heterocycles. The number of imidazole rings is 1. The molecule has 2 aromatic rings. The summed E-state index contributed by atoms with van der Waals surface area (Å²) >= 11 is 0. The standard InChI is InChI=1S/C12H12N2O4/c1-14-6-8(13-11(14)12(16)17)7-18-10-4-2-9(15)3-5-10/h2-6,15H,7H2,1H3,(H,16,17). The summed E-state index contributed by atoms with van der Waals surface area (Å²) in [4.78, 5) is 14.7. The van der Waals surface area contributed by atoms with Crippen LogP contribution in [-0.4, -0.2) is 25.7 Å². The number of carboxylic acids is 1. The summed E-state index contributed by atoms with van der Waals surface area (Å²) in [7, 11) is 1.61. The first-order valence-corrected chi connectivity index (χ1v) is 5.23. The molecule has 1 aromatic carbocycles. The van der Waals surface area contributed by atoms with Crippen molar-refractivity contribution in [3.8, 4) is 11.5 Å². The van der Waals surface area contributed by atoms with Gasteiger partial charge in [0.15, 0.2) is 0 Å². The van der Waals surface area contributed by atoms with Gasteiger partial charge in [-0.3, -0.25) is 0 Å². The van der Waals surface area contributed by atoms with E-state index < -0.39 is 5.97 Å². The van der Waals surface area contributed by atoms with Crippen molar-refractivity contribution in [2.45, 2.75) is 6.61 Å². The summed E-state index contributed by atoms with van der Waals surface area (Å²) in [6, 6.07) is 6.26. The predicted octanol–water partition coefficient (Wildman–Crippen LogP) is 1.40. The number of carboxylic acid groups (broad SMARTS) is 1. The number of benzene rings is 1. The zero-order valence-electron chi connectivity index (χ0n) is 9.70. The second-order valence-electron chi connectivity index (χ2n) is 3.75. The Labute approximate surface area is 103 Å². The van der Waals surface area contributed by atoms with Crippen LogP contribution >= 0.6 is 0 Å². The summed E-state index contributed by atoms with van der Waals surface area (Å²) in [5, 5.41) is 17.9. The highest BCUT2D eigenvalue weighted by molar-refractivity contribution is 5.83. The topological polar surface area (TPSA) is 84.6 Å². The van der Waals surface area contributed by atoms with Crippen molar-refractivity contribution in [1.29, 1.82) is 0 Å². The number of carbonyl (C=O) groups is 1. The van der Waals surface area contributed by atoms with Gasteiger partial charge in [0.2, 0.25) is 5.82 Å². The second kappa shape index (κ2) is 4.79. The van der Waals surface area contributed by atoms with E-state index in [1.165, 1.54) is 16.7 Å². The molecule has 2 rings (SSSR count). The first-order valence-electron chi connectivity index (χ1n) is 5.23. The summed E-state index contributed by atoms with van der Waals surface area (Å²) < 4.78 is 6.84. The van der Waals surface area contributed by atoms with Crippen LogP contribution < -0.4 is 4.74 Å². The number of aryl methyl sites for hydroxylation is 1.